The summed E-state index contributed by atoms with van der Waals surface area (Å²) in [6.07, 6.45) is 0.101. The van der Waals surface area contributed by atoms with Crippen LogP contribution in [0.25, 0.3) is 0 Å². The average Bonchev–Trinajstić information content (AvgIpc) is 2.55. The fourth-order valence-electron chi connectivity index (χ4n) is 2.11. The van der Waals surface area contributed by atoms with Crippen molar-refractivity contribution in [2.45, 2.75) is 39.4 Å². The molecular formula is C19H22ClNO3. The lowest BCUT2D eigenvalue weighted by Crippen LogP contribution is -2.32. The second-order valence-corrected chi connectivity index (χ2v) is 6.09. The van der Waals surface area contributed by atoms with E-state index in [4.69, 9.17) is 21.1 Å². The monoisotopic (exact) mass is 347 g/mol. The third kappa shape index (κ3) is 5.46. The molecule has 24 heavy (non-hydrogen) atoms. The molecule has 0 aliphatic carbocycles. The van der Waals surface area contributed by atoms with Crippen molar-refractivity contribution < 1.29 is 14.3 Å². The lowest BCUT2D eigenvalue weighted by Gasteiger charge is -2.17. The van der Waals surface area contributed by atoms with E-state index in [9.17, 15) is 4.79 Å². The number of anilines is 1. The largest absolute Gasteiger partial charge is 0.491 e. The van der Waals surface area contributed by atoms with Crippen LogP contribution in [0, 0.1) is 0 Å². The average molecular weight is 348 g/mol. The maximum absolute atomic E-state index is 12.4. The van der Waals surface area contributed by atoms with Crippen LogP contribution in [0.4, 0.5) is 5.69 Å². The number of ether oxygens (including phenoxy) is 2. The normalized spacial score (nSPS) is 11.9. The molecule has 0 aliphatic heterocycles. The van der Waals surface area contributed by atoms with E-state index >= 15 is 0 Å². The summed E-state index contributed by atoms with van der Waals surface area (Å²) in [6, 6.07) is 14.2. The van der Waals surface area contributed by atoms with Crippen LogP contribution in [0.15, 0.2) is 48.5 Å². The molecular weight excluding hydrogens is 326 g/mol. The van der Waals surface area contributed by atoms with Gasteiger partial charge in [-0.05, 0) is 68.8 Å². The summed E-state index contributed by atoms with van der Waals surface area (Å²) in [5.41, 5.74) is 0.703. The topological polar surface area (TPSA) is 47.6 Å². The van der Waals surface area contributed by atoms with Gasteiger partial charge in [-0.2, -0.15) is 0 Å². The smallest absolute Gasteiger partial charge is 0.265 e. The molecule has 0 saturated carbocycles. The van der Waals surface area contributed by atoms with Gasteiger partial charge in [-0.1, -0.05) is 18.5 Å². The molecule has 0 aromatic heterocycles. The van der Waals surface area contributed by atoms with Gasteiger partial charge in [-0.25, -0.2) is 0 Å². The highest BCUT2D eigenvalue weighted by atomic mass is 35.5. The van der Waals surface area contributed by atoms with E-state index in [1.807, 2.05) is 45.0 Å². The number of benzene rings is 2. The van der Waals surface area contributed by atoms with Crippen molar-refractivity contribution in [3.05, 3.63) is 53.6 Å². The van der Waals surface area contributed by atoms with E-state index in [-0.39, 0.29) is 12.0 Å². The fraction of sp³-hybridized carbons (Fsp3) is 0.316. The van der Waals surface area contributed by atoms with Gasteiger partial charge in [0.1, 0.15) is 11.5 Å². The zero-order valence-electron chi connectivity index (χ0n) is 14.1. The Labute approximate surface area is 147 Å². The highest BCUT2D eigenvalue weighted by Gasteiger charge is 2.18. The van der Waals surface area contributed by atoms with Gasteiger partial charge in [0.25, 0.3) is 5.91 Å². The van der Waals surface area contributed by atoms with Gasteiger partial charge in [0, 0.05) is 10.7 Å². The summed E-state index contributed by atoms with van der Waals surface area (Å²) in [4.78, 5) is 12.4. The van der Waals surface area contributed by atoms with E-state index in [0.29, 0.717) is 22.9 Å². The Bertz CT molecular complexity index is 653. The molecule has 5 heteroatoms. The van der Waals surface area contributed by atoms with E-state index in [2.05, 4.69) is 5.32 Å². The van der Waals surface area contributed by atoms with Crippen LogP contribution in [0.1, 0.15) is 27.2 Å². The highest BCUT2D eigenvalue weighted by molar-refractivity contribution is 6.30. The summed E-state index contributed by atoms with van der Waals surface area (Å²) in [5, 5.41) is 3.49. The zero-order valence-corrected chi connectivity index (χ0v) is 14.8. The van der Waals surface area contributed by atoms with E-state index in [1.54, 1.807) is 24.3 Å². The van der Waals surface area contributed by atoms with Crippen LogP contribution < -0.4 is 14.8 Å². The minimum Gasteiger partial charge on any atom is -0.491 e. The first kappa shape index (κ1) is 18.1. The number of amides is 1. The lowest BCUT2D eigenvalue weighted by molar-refractivity contribution is -0.122. The van der Waals surface area contributed by atoms with Crippen LogP contribution in [0.2, 0.25) is 5.02 Å². The maximum atomic E-state index is 12.4. The molecule has 0 heterocycles. The van der Waals surface area contributed by atoms with E-state index < -0.39 is 6.10 Å². The first-order chi connectivity index (χ1) is 11.5. The lowest BCUT2D eigenvalue weighted by atomic mass is 10.2. The number of hydrogen-bond donors (Lipinski definition) is 1. The Morgan fingerprint density at radius 1 is 1.00 bits per heavy atom. The third-order valence-corrected chi connectivity index (χ3v) is 3.50. The molecule has 0 unspecified atom stereocenters. The number of carbonyl (C=O) groups excluding carboxylic acids is 1. The van der Waals surface area contributed by atoms with Crippen molar-refractivity contribution in [2.75, 3.05) is 5.32 Å². The molecule has 1 amide bonds. The van der Waals surface area contributed by atoms with Gasteiger partial charge in [-0.3, -0.25) is 4.79 Å². The second-order valence-electron chi connectivity index (χ2n) is 5.65. The van der Waals surface area contributed by atoms with Gasteiger partial charge in [0.05, 0.1) is 6.10 Å². The molecule has 4 nitrogen and oxygen atoms in total. The molecule has 2 rings (SSSR count). The molecule has 0 saturated heterocycles. The van der Waals surface area contributed by atoms with Gasteiger partial charge >= 0.3 is 0 Å². The quantitative estimate of drug-likeness (QED) is 0.773. The Kier molecular flexibility index (Phi) is 6.50. The van der Waals surface area contributed by atoms with Crippen LogP contribution in [0.5, 0.6) is 11.5 Å². The molecule has 1 N–H and O–H groups in total. The molecule has 0 spiro atoms. The minimum absolute atomic E-state index is 0.114. The molecule has 1 atom stereocenters. The fourth-order valence-corrected chi connectivity index (χ4v) is 2.24. The van der Waals surface area contributed by atoms with Crippen molar-refractivity contribution in [3.8, 4) is 11.5 Å². The molecule has 0 fully saturated rings. The van der Waals surface area contributed by atoms with Crippen molar-refractivity contribution in [1.29, 1.82) is 0 Å². The Balaban J connectivity index is 1.97. The van der Waals surface area contributed by atoms with Crippen LogP contribution in [-0.2, 0) is 4.79 Å². The summed E-state index contributed by atoms with van der Waals surface area (Å²) in [7, 11) is 0. The first-order valence-corrected chi connectivity index (χ1v) is 8.35. The number of hydrogen-bond acceptors (Lipinski definition) is 3. The van der Waals surface area contributed by atoms with Crippen LogP contribution in [0.3, 0.4) is 0 Å². The van der Waals surface area contributed by atoms with Gasteiger partial charge in [-0.15, -0.1) is 0 Å². The molecule has 0 aliphatic rings. The minimum atomic E-state index is -0.572. The Hall–Kier alpha value is -2.20. The van der Waals surface area contributed by atoms with Crippen LogP contribution in [-0.4, -0.2) is 18.1 Å². The SMILES string of the molecule is CC[C@@H](Oc1ccc(Cl)cc1)C(=O)Nc1ccc(OC(C)C)cc1. The molecule has 0 bridgehead atoms. The first-order valence-electron chi connectivity index (χ1n) is 7.97. The maximum Gasteiger partial charge on any atom is 0.265 e. The summed E-state index contributed by atoms with van der Waals surface area (Å²) in [6.45, 7) is 5.84. The molecule has 2 aromatic carbocycles. The Morgan fingerprint density at radius 3 is 2.08 bits per heavy atom. The van der Waals surface area contributed by atoms with Gasteiger partial charge in [0.2, 0.25) is 0 Å². The van der Waals surface area contributed by atoms with Gasteiger partial charge < -0.3 is 14.8 Å². The highest BCUT2D eigenvalue weighted by Crippen LogP contribution is 2.20. The third-order valence-electron chi connectivity index (χ3n) is 3.25. The predicted molar refractivity (Wildman–Crippen MR) is 97.0 cm³/mol. The van der Waals surface area contributed by atoms with E-state index in [1.165, 1.54) is 0 Å². The van der Waals surface area contributed by atoms with Crippen molar-refractivity contribution >= 4 is 23.2 Å². The standard InChI is InChI=1S/C19H22ClNO3/c1-4-18(24-17-9-5-14(20)6-10-17)19(22)21-15-7-11-16(12-8-15)23-13(2)3/h5-13,18H,4H2,1-3H3,(H,21,22)/t18-/m1/s1. The van der Waals surface area contributed by atoms with E-state index in [0.717, 1.165) is 5.75 Å². The van der Waals surface area contributed by atoms with Crippen molar-refractivity contribution in [3.63, 3.8) is 0 Å². The van der Waals surface area contributed by atoms with Crippen LogP contribution >= 0.6 is 11.6 Å². The zero-order chi connectivity index (χ0) is 17.5. The molecule has 2 aromatic rings. The molecule has 128 valence electrons. The Morgan fingerprint density at radius 2 is 1.54 bits per heavy atom. The number of halogens is 1. The molecule has 0 radical (unpaired) electrons. The van der Waals surface area contributed by atoms with Crippen molar-refractivity contribution in [1.82, 2.24) is 0 Å². The second kappa shape index (κ2) is 8.60. The summed E-state index contributed by atoms with van der Waals surface area (Å²) in [5.74, 6) is 1.19. The summed E-state index contributed by atoms with van der Waals surface area (Å²) < 4.78 is 11.3. The number of nitrogens with one attached hydrogen (secondary N) is 1. The number of rotatable bonds is 7. The summed E-state index contributed by atoms with van der Waals surface area (Å²) >= 11 is 5.85. The van der Waals surface area contributed by atoms with Gasteiger partial charge in [0.15, 0.2) is 6.10 Å². The van der Waals surface area contributed by atoms with Crippen molar-refractivity contribution in [2.24, 2.45) is 0 Å². The number of carbonyl (C=O) groups is 1. The predicted octanol–water partition coefficient (Wildman–Crippen LogP) is 4.92.